The van der Waals surface area contributed by atoms with Gasteiger partial charge in [0.15, 0.2) is 0 Å². The molecule has 1 heterocycles. The van der Waals surface area contributed by atoms with Crippen LogP contribution in [-0.4, -0.2) is 0 Å². The predicted octanol–water partition coefficient (Wildman–Crippen LogP) is 2.93. The molecule has 0 radical (unpaired) electrons. The molecule has 1 aromatic heterocycles. The average molecular weight is 232 g/mol. The number of anilines is 1. The molecule has 0 aliphatic heterocycles. The second-order valence-corrected chi connectivity index (χ2v) is 4.89. The summed E-state index contributed by atoms with van der Waals surface area (Å²) in [5.41, 5.74) is 9.32. The highest BCUT2D eigenvalue weighted by Crippen LogP contribution is 2.18. The third-order valence-electron chi connectivity index (χ3n) is 2.48. The van der Waals surface area contributed by atoms with E-state index in [-0.39, 0.29) is 0 Å². The van der Waals surface area contributed by atoms with Crippen molar-refractivity contribution in [2.45, 2.75) is 20.0 Å². The van der Waals surface area contributed by atoms with Crippen molar-refractivity contribution in [2.24, 2.45) is 0 Å². The molecule has 2 rings (SSSR count). The number of nitrogen functional groups attached to an aromatic ring is 1. The third kappa shape index (κ3) is 2.84. The van der Waals surface area contributed by atoms with Crippen LogP contribution in [0.2, 0.25) is 0 Å². The van der Waals surface area contributed by atoms with Crippen molar-refractivity contribution in [1.29, 1.82) is 0 Å². The minimum atomic E-state index is 0.845. The zero-order valence-corrected chi connectivity index (χ0v) is 10.2. The van der Waals surface area contributed by atoms with E-state index in [0.717, 1.165) is 18.8 Å². The summed E-state index contributed by atoms with van der Waals surface area (Å²) in [6.45, 7) is 3.84. The average Bonchev–Trinajstić information content (AvgIpc) is 2.65. The smallest absolute Gasteiger partial charge is 0.0468 e. The highest BCUT2D eigenvalue weighted by Gasteiger charge is 1.99. The van der Waals surface area contributed by atoms with Crippen LogP contribution in [0.1, 0.15) is 16.0 Å². The van der Waals surface area contributed by atoms with Crippen LogP contribution >= 0.6 is 11.3 Å². The number of hydrogen-bond donors (Lipinski definition) is 2. The molecule has 3 N–H and O–H groups in total. The molecule has 0 saturated carbocycles. The van der Waals surface area contributed by atoms with E-state index >= 15 is 0 Å². The van der Waals surface area contributed by atoms with Crippen LogP contribution < -0.4 is 11.1 Å². The summed E-state index contributed by atoms with van der Waals surface area (Å²) in [6, 6.07) is 10.5. The lowest BCUT2D eigenvalue weighted by atomic mass is 10.1. The monoisotopic (exact) mass is 232 g/mol. The number of rotatable bonds is 4. The Hall–Kier alpha value is -1.32. The van der Waals surface area contributed by atoms with E-state index in [1.165, 1.54) is 16.0 Å². The van der Waals surface area contributed by atoms with Gasteiger partial charge in [0.25, 0.3) is 0 Å². The van der Waals surface area contributed by atoms with Gasteiger partial charge >= 0.3 is 0 Å². The Kier molecular flexibility index (Phi) is 3.59. The molecule has 3 heteroatoms. The zero-order chi connectivity index (χ0) is 11.4. The van der Waals surface area contributed by atoms with Crippen molar-refractivity contribution in [3.8, 4) is 0 Å². The van der Waals surface area contributed by atoms with Crippen molar-refractivity contribution in [1.82, 2.24) is 5.32 Å². The maximum Gasteiger partial charge on any atom is 0.0468 e. The van der Waals surface area contributed by atoms with Gasteiger partial charge in [0.05, 0.1) is 0 Å². The lowest BCUT2D eigenvalue weighted by Crippen LogP contribution is -2.12. The van der Waals surface area contributed by atoms with Crippen LogP contribution in [0, 0.1) is 6.92 Å². The van der Waals surface area contributed by atoms with Crippen molar-refractivity contribution in [2.75, 3.05) is 5.73 Å². The van der Waals surface area contributed by atoms with Crippen LogP contribution in [0.3, 0.4) is 0 Å². The minimum Gasteiger partial charge on any atom is -0.398 e. The van der Waals surface area contributed by atoms with E-state index in [2.05, 4.69) is 36.5 Å². The Morgan fingerprint density at radius 1 is 1.25 bits per heavy atom. The maximum absolute atomic E-state index is 5.81. The lowest BCUT2D eigenvalue weighted by molar-refractivity contribution is 0.701. The molecule has 0 spiro atoms. The molecule has 0 amide bonds. The molecule has 84 valence electrons. The van der Waals surface area contributed by atoms with Gasteiger partial charge in [-0.1, -0.05) is 29.8 Å². The fourth-order valence-corrected chi connectivity index (χ4v) is 2.41. The van der Waals surface area contributed by atoms with Gasteiger partial charge in [-0.15, -0.1) is 11.3 Å². The third-order valence-corrected chi connectivity index (χ3v) is 3.41. The summed E-state index contributed by atoms with van der Waals surface area (Å²) in [5.74, 6) is 0. The number of nitrogens with one attached hydrogen (secondary N) is 1. The SMILES string of the molecule is Cc1cccc(CNCc2sccc2N)c1. The standard InChI is InChI=1S/C13H16N2S/c1-10-3-2-4-11(7-10)8-15-9-13-12(14)5-6-16-13/h2-7,15H,8-9,14H2,1H3. The van der Waals surface area contributed by atoms with Gasteiger partial charge in [0.1, 0.15) is 0 Å². The molecule has 0 aliphatic carbocycles. The molecular weight excluding hydrogens is 216 g/mol. The molecule has 0 aliphatic rings. The van der Waals surface area contributed by atoms with Crippen molar-refractivity contribution < 1.29 is 0 Å². The molecule has 0 unspecified atom stereocenters. The van der Waals surface area contributed by atoms with Crippen molar-refractivity contribution >= 4 is 17.0 Å². The van der Waals surface area contributed by atoms with Crippen molar-refractivity contribution in [3.63, 3.8) is 0 Å². The van der Waals surface area contributed by atoms with Crippen molar-refractivity contribution in [3.05, 3.63) is 51.7 Å². The lowest BCUT2D eigenvalue weighted by Gasteiger charge is -2.05. The van der Waals surface area contributed by atoms with Gasteiger partial charge in [-0.3, -0.25) is 0 Å². The summed E-state index contributed by atoms with van der Waals surface area (Å²) < 4.78 is 0. The Labute approximate surface area is 100 Å². The molecule has 2 nitrogen and oxygen atoms in total. The molecule has 0 bridgehead atoms. The van der Waals surface area contributed by atoms with E-state index in [9.17, 15) is 0 Å². The number of aryl methyl sites for hydroxylation is 1. The first-order valence-corrected chi connectivity index (χ1v) is 6.22. The molecule has 0 fully saturated rings. The van der Waals surface area contributed by atoms with Crippen LogP contribution in [-0.2, 0) is 13.1 Å². The van der Waals surface area contributed by atoms with Crippen LogP contribution in [0.5, 0.6) is 0 Å². The first-order valence-electron chi connectivity index (χ1n) is 5.34. The number of thiophene rings is 1. The summed E-state index contributed by atoms with van der Waals surface area (Å²) in [6.07, 6.45) is 0. The fraction of sp³-hybridized carbons (Fsp3) is 0.231. The summed E-state index contributed by atoms with van der Waals surface area (Å²) in [7, 11) is 0. The van der Waals surface area contributed by atoms with Gasteiger partial charge in [-0.25, -0.2) is 0 Å². The maximum atomic E-state index is 5.81. The Morgan fingerprint density at radius 3 is 2.81 bits per heavy atom. The highest BCUT2D eigenvalue weighted by molar-refractivity contribution is 7.10. The van der Waals surface area contributed by atoms with Gasteiger partial charge in [0, 0.05) is 23.7 Å². The second kappa shape index (κ2) is 5.14. The number of hydrogen-bond acceptors (Lipinski definition) is 3. The van der Waals surface area contributed by atoms with Crippen LogP contribution in [0.25, 0.3) is 0 Å². The predicted molar refractivity (Wildman–Crippen MR) is 70.5 cm³/mol. The first kappa shape index (κ1) is 11.2. The summed E-state index contributed by atoms with van der Waals surface area (Å²) in [4.78, 5) is 1.22. The Bertz CT molecular complexity index is 462. The van der Waals surface area contributed by atoms with E-state index < -0.39 is 0 Å². The Balaban J connectivity index is 1.87. The zero-order valence-electron chi connectivity index (χ0n) is 9.36. The van der Waals surface area contributed by atoms with E-state index in [1.807, 2.05) is 11.4 Å². The first-order chi connectivity index (χ1) is 7.75. The molecular formula is C13H16N2S. The van der Waals surface area contributed by atoms with Crippen LogP contribution in [0.15, 0.2) is 35.7 Å². The topological polar surface area (TPSA) is 38.0 Å². The quantitative estimate of drug-likeness (QED) is 0.850. The van der Waals surface area contributed by atoms with E-state index in [1.54, 1.807) is 11.3 Å². The largest absolute Gasteiger partial charge is 0.398 e. The molecule has 16 heavy (non-hydrogen) atoms. The van der Waals surface area contributed by atoms with Crippen LogP contribution in [0.4, 0.5) is 5.69 Å². The van der Waals surface area contributed by atoms with E-state index in [0.29, 0.717) is 0 Å². The number of nitrogens with two attached hydrogens (primary N) is 1. The second-order valence-electron chi connectivity index (χ2n) is 3.89. The minimum absolute atomic E-state index is 0.845. The van der Waals surface area contributed by atoms with Gasteiger partial charge in [-0.2, -0.15) is 0 Å². The molecule has 2 aromatic rings. The normalized spacial score (nSPS) is 10.6. The molecule has 1 aromatic carbocycles. The van der Waals surface area contributed by atoms with E-state index in [4.69, 9.17) is 5.73 Å². The van der Waals surface area contributed by atoms with Gasteiger partial charge < -0.3 is 11.1 Å². The van der Waals surface area contributed by atoms with Gasteiger partial charge in [0.2, 0.25) is 0 Å². The summed E-state index contributed by atoms with van der Waals surface area (Å²) >= 11 is 1.70. The van der Waals surface area contributed by atoms with Gasteiger partial charge in [-0.05, 0) is 23.9 Å². The Morgan fingerprint density at radius 2 is 2.12 bits per heavy atom. The fourth-order valence-electron chi connectivity index (χ4n) is 1.64. The highest BCUT2D eigenvalue weighted by atomic mass is 32.1. The number of benzene rings is 1. The molecule has 0 atom stereocenters. The molecule has 0 saturated heterocycles. The summed E-state index contributed by atoms with van der Waals surface area (Å²) in [5, 5.41) is 5.43.